The molecule has 3 aromatic rings. The summed E-state index contributed by atoms with van der Waals surface area (Å²) in [6.45, 7) is 0. The van der Waals surface area contributed by atoms with Crippen LogP contribution in [0.3, 0.4) is 0 Å². The monoisotopic (exact) mass is 281 g/mol. The van der Waals surface area contributed by atoms with E-state index in [2.05, 4.69) is 10.3 Å². The molecular formula is C16H15N3O2. The van der Waals surface area contributed by atoms with Gasteiger partial charge in [0.1, 0.15) is 5.75 Å². The number of carbonyl (C=O) groups excluding carboxylic acids is 1. The summed E-state index contributed by atoms with van der Waals surface area (Å²) in [6, 6.07) is 12.8. The minimum atomic E-state index is -0.215. The molecule has 0 bridgehead atoms. The number of nitrogen functional groups attached to an aromatic ring is 1. The number of methoxy groups -OCH3 is 1. The van der Waals surface area contributed by atoms with E-state index in [4.69, 9.17) is 10.5 Å². The molecule has 0 atom stereocenters. The minimum absolute atomic E-state index is 0.215. The maximum absolute atomic E-state index is 12.4. The zero-order valence-electron chi connectivity index (χ0n) is 11.5. The standard InChI is InChI=1S/C16H15N3O2/c1-21-10-6-7-13(17)15(8-10)19-16(20)12-9-18-14-5-3-2-4-11(12)14/h2-9,18H,17H2,1H3,(H,19,20). The predicted molar refractivity (Wildman–Crippen MR) is 83.7 cm³/mol. The van der Waals surface area contributed by atoms with Gasteiger partial charge in [0.2, 0.25) is 0 Å². The fourth-order valence-electron chi connectivity index (χ4n) is 2.22. The van der Waals surface area contributed by atoms with Gasteiger partial charge in [-0.15, -0.1) is 0 Å². The third-order valence-corrected chi connectivity index (χ3v) is 3.34. The summed E-state index contributed by atoms with van der Waals surface area (Å²) >= 11 is 0. The summed E-state index contributed by atoms with van der Waals surface area (Å²) < 4.78 is 5.14. The smallest absolute Gasteiger partial charge is 0.257 e. The Morgan fingerprint density at radius 2 is 2.05 bits per heavy atom. The number of H-pyrrole nitrogens is 1. The third kappa shape index (κ3) is 2.41. The number of hydrogen-bond acceptors (Lipinski definition) is 3. The van der Waals surface area contributed by atoms with Crippen LogP contribution in [-0.4, -0.2) is 18.0 Å². The van der Waals surface area contributed by atoms with E-state index < -0.39 is 0 Å². The number of rotatable bonds is 3. The zero-order chi connectivity index (χ0) is 14.8. The molecule has 0 unspecified atom stereocenters. The van der Waals surface area contributed by atoms with Crippen molar-refractivity contribution in [2.75, 3.05) is 18.2 Å². The fraction of sp³-hybridized carbons (Fsp3) is 0.0625. The molecule has 0 fully saturated rings. The zero-order valence-corrected chi connectivity index (χ0v) is 11.5. The van der Waals surface area contributed by atoms with Gasteiger partial charge in [0.25, 0.3) is 5.91 Å². The summed E-state index contributed by atoms with van der Waals surface area (Å²) in [6.07, 6.45) is 1.69. The Bertz CT molecular complexity index is 808. The highest BCUT2D eigenvalue weighted by Gasteiger charge is 2.13. The molecule has 0 saturated carbocycles. The van der Waals surface area contributed by atoms with Gasteiger partial charge in [-0.2, -0.15) is 0 Å². The van der Waals surface area contributed by atoms with Crippen LogP contribution < -0.4 is 15.8 Å². The van der Waals surface area contributed by atoms with Gasteiger partial charge in [-0.25, -0.2) is 0 Å². The molecule has 1 amide bonds. The lowest BCUT2D eigenvalue weighted by atomic mass is 10.1. The third-order valence-electron chi connectivity index (χ3n) is 3.34. The number of fused-ring (bicyclic) bond motifs is 1. The van der Waals surface area contributed by atoms with E-state index >= 15 is 0 Å². The summed E-state index contributed by atoms with van der Waals surface area (Å²) in [5.41, 5.74) is 8.40. The second kappa shape index (κ2) is 5.20. The number of benzene rings is 2. The van der Waals surface area contributed by atoms with Gasteiger partial charge in [-0.1, -0.05) is 18.2 Å². The highest BCUT2D eigenvalue weighted by atomic mass is 16.5. The molecule has 3 rings (SSSR count). The normalized spacial score (nSPS) is 10.5. The molecule has 0 aliphatic heterocycles. The van der Waals surface area contributed by atoms with Gasteiger partial charge in [0, 0.05) is 23.2 Å². The molecule has 5 heteroatoms. The van der Waals surface area contributed by atoms with Crippen LogP contribution in [-0.2, 0) is 0 Å². The molecule has 4 N–H and O–H groups in total. The van der Waals surface area contributed by atoms with Crippen LogP contribution in [0, 0.1) is 0 Å². The Hall–Kier alpha value is -2.95. The fourth-order valence-corrected chi connectivity index (χ4v) is 2.22. The molecule has 0 spiro atoms. The van der Waals surface area contributed by atoms with Crippen molar-refractivity contribution in [3.05, 3.63) is 54.2 Å². The van der Waals surface area contributed by atoms with Crippen molar-refractivity contribution in [1.29, 1.82) is 0 Å². The summed E-state index contributed by atoms with van der Waals surface area (Å²) in [7, 11) is 1.57. The van der Waals surface area contributed by atoms with Crippen LogP contribution in [0.2, 0.25) is 0 Å². The average molecular weight is 281 g/mol. The van der Waals surface area contributed by atoms with Gasteiger partial charge >= 0.3 is 0 Å². The number of ether oxygens (including phenoxy) is 1. The molecular weight excluding hydrogens is 266 g/mol. The van der Waals surface area contributed by atoms with Gasteiger partial charge in [0.05, 0.1) is 24.0 Å². The number of hydrogen-bond donors (Lipinski definition) is 3. The lowest BCUT2D eigenvalue weighted by molar-refractivity contribution is 0.102. The van der Waals surface area contributed by atoms with Crippen molar-refractivity contribution in [2.45, 2.75) is 0 Å². The van der Waals surface area contributed by atoms with Crippen LogP contribution in [0.25, 0.3) is 10.9 Å². The first-order chi connectivity index (χ1) is 10.2. The maximum Gasteiger partial charge on any atom is 0.257 e. The number of para-hydroxylation sites is 1. The van der Waals surface area contributed by atoms with E-state index in [0.717, 1.165) is 10.9 Å². The molecule has 0 aliphatic carbocycles. The Kier molecular flexibility index (Phi) is 3.23. The molecule has 0 radical (unpaired) electrons. The van der Waals surface area contributed by atoms with Crippen LogP contribution in [0.1, 0.15) is 10.4 Å². The second-order valence-corrected chi connectivity index (χ2v) is 4.66. The minimum Gasteiger partial charge on any atom is -0.497 e. The molecule has 21 heavy (non-hydrogen) atoms. The van der Waals surface area contributed by atoms with E-state index in [-0.39, 0.29) is 5.91 Å². The van der Waals surface area contributed by atoms with Gasteiger partial charge in [-0.05, 0) is 18.2 Å². The Morgan fingerprint density at radius 3 is 2.86 bits per heavy atom. The number of aromatic amines is 1. The quantitative estimate of drug-likeness (QED) is 0.645. The van der Waals surface area contributed by atoms with Gasteiger partial charge in [0.15, 0.2) is 0 Å². The topological polar surface area (TPSA) is 80.1 Å². The second-order valence-electron chi connectivity index (χ2n) is 4.66. The lowest BCUT2D eigenvalue weighted by Crippen LogP contribution is -2.12. The van der Waals surface area contributed by atoms with Crippen LogP contribution in [0.15, 0.2) is 48.7 Å². The molecule has 1 heterocycles. The number of carbonyl (C=O) groups is 1. The molecule has 0 aliphatic rings. The first kappa shape index (κ1) is 13.1. The molecule has 2 aromatic carbocycles. The van der Waals surface area contributed by atoms with Crippen molar-refractivity contribution in [1.82, 2.24) is 4.98 Å². The van der Waals surface area contributed by atoms with E-state index in [1.807, 2.05) is 24.3 Å². The summed E-state index contributed by atoms with van der Waals surface area (Å²) in [5, 5.41) is 3.69. The largest absolute Gasteiger partial charge is 0.497 e. The highest BCUT2D eigenvalue weighted by molar-refractivity contribution is 6.13. The van der Waals surface area contributed by atoms with Crippen LogP contribution in [0.4, 0.5) is 11.4 Å². The van der Waals surface area contributed by atoms with Crippen molar-refractivity contribution in [3.63, 3.8) is 0 Å². The van der Waals surface area contributed by atoms with Crippen molar-refractivity contribution in [2.24, 2.45) is 0 Å². The number of aromatic nitrogens is 1. The highest BCUT2D eigenvalue weighted by Crippen LogP contribution is 2.26. The number of nitrogens with one attached hydrogen (secondary N) is 2. The van der Waals surface area contributed by atoms with Crippen molar-refractivity contribution in [3.8, 4) is 5.75 Å². The van der Waals surface area contributed by atoms with E-state index in [0.29, 0.717) is 22.7 Å². The van der Waals surface area contributed by atoms with Crippen molar-refractivity contribution >= 4 is 28.2 Å². The van der Waals surface area contributed by atoms with E-state index in [1.165, 1.54) is 0 Å². The first-order valence-electron chi connectivity index (χ1n) is 6.50. The number of nitrogens with two attached hydrogens (primary N) is 1. The van der Waals surface area contributed by atoms with E-state index in [9.17, 15) is 4.79 Å². The summed E-state index contributed by atoms with van der Waals surface area (Å²) in [5.74, 6) is 0.422. The molecule has 0 saturated heterocycles. The van der Waals surface area contributed by atoms with E-state index in [1.54, 1.807) is 31.5 Å². The lowest BCUT2D eigenvalue weighted by Gasteiger charge is -2.09. The number of anilines is 2. The Balaban J connectivity index is 1.93. The number of amides is 1. The average Bonchev–Trinajstić information content (AvgIpc) is 2.93. The first-order valence-corrected chi connectivity index (χ1v) is 6.50. The summed E-state index contributed by atoms with van der Waals surface area (Å²) in [4.78, 5) is 15.5. The SMILES string of the molecule is COc1ccc(N)c(NC(=O)c2c[nH]c3ccccc23)c1. The van der Waals surface area contributed by atoms with Crippen LogP contribution in [0.5, 0.6) is 5.75 Å². The van der Waals surface area contributed by atoms with Crippen LogP contribution >= 0.6 is 0 Å². The van der Waals surface area contributed by atoms with Crippen molar-refractivity contribution < 1.29 is 9.53 Å². The molecule has 1 aromatic heterocycles. The molecule has 5 nitrogen and oxygen atoms in total. The Labute approximate surface area is 121 Å². The van der Waals surface area contributed by atoms with Gasteiger partial charge < -0.3 is 20.8 Å². The molecule has 106 valence electrons. The Morgan fingerprint density at radius 1 is 1.24 bits per heavy atom. The van der Waals surface area contributed by atoms with Gasteiger partial charge in [-0.3, -0.25) is 4.79 Å². The maximum atomic E-state index is 12.4. The predicted octanol–water partition coefficient (Wildman–Crippen LogP) is 3.01.